The van der Waals surface area contributed by atoms with Gasteiger partial charge in [-0.1, -0.05) is 37.6 Å². The second-order valence-electron chi connectivity index (χ2n) is 7.31. The number of ether oxygens (including phenoxy) is 1. The van der Waals surface area contributed by atoms with E-state index in [1.807, 2.05) is 42.5 Å². The Kier molecular flexibility index (Phi) is 5.99. The molecule has 1 aromatic heterocycles. The first-order valence-corrected chi connectivity index (χ1v) is 9.49. The monoisotopic (exact) mass is 382 g/mol. The lowest BCUT2D eigenvalue weighted by atomic mass is 10.1. The van der Waals surface area contributed by atoms with Gasteiger partial charge < -0.3 is 19.6 Å². The third kappa shape index (κ3) is 4.70. The summed E-state index contributed by atoms with van der Waals surface area (Å²) in [4.78, 5) is 15.9. The van der Waals surface area contributed by atoms with Gasteiger partial charge in [-0.3, -0.25) is 0 Å². The number of carboxylic acids is 1. The first-order valence-electron chi connectivity index (χ1n) is 9.49. The molecule has 0 fully saturated rings. The zero-order valence-electron chi connectivity index (χ0n) is 16.4. The van der Waals surface area contributed by atoms with Crippen LogP contribution in [-0.2, 0) is 11.3 Å². The Balaban J connectivity index is 1.71. The molecule has 2 N–H and O–H groups in total. The molecule has 0 aliphatic carbocycles. The molecule has 0 saturated carbocycles. The molecule has 0 saturated heterocycles. The van der Waals surface area contributed by atoms with Crippen LogP contribution in [0.1, 0.15) is 51.1 Å². The second kappa shape index (κ2) is 8.44. The number of aliphatic carboxylic acids is 1. The molecule has 3 aromatic rings. The smallest absolute Gasteiger partial charge is 0.347 e. The average molecular weight is 382 g/mol. The molecule has 0 bridgehead atoms. The Labute approximate surface area is 164 Å². The molecule has 28 heavy (non-hydrogen) atoms. The minimum Gasteiger partial charge on any atom is -0.478 e. The van der Waals surface area contributed by atoms with Gasteiger partial charge >= 0.3 is 5.97 Å². The number of carbonyl (C=O) groups is 1. The van der Waals surface area contributed by atoms with Crippen molar-refractivity contribution in [3.05, 3.63) is 60.0 Å². The molecule has 6 heteroatoms. The standard InChI is InChI=1S/C22H26N2O4/c1-4-8-18(20-24-17-11-5-6-12-19(17)27-20)23-14-15-9-7-10-16(13-15)28-22(2,3)21(25)26/h5-7,9-13,18,23H,4,8,14H2,1-3H3,(H,25,26). The number of fused-ring (bicyclic) bond motifs is 1. The third-order valence-electron chi connectivity index (χ3n) is 4.52. The maximum absolute atomic E-state index is 11.3. The molecule has 1 heterocycles. The fourth-order valence-corrected chi connectivity index (χ4v) is 2.94. The first kappa shape index (κ1) is 19.9. The highest BCUT2D eigenvalue weighted by Gasteiger charge is 2.29. The first-order chi connectivity index (χ1) is 13.4. The molecule has 6 nitrogen and oxygen atoms in total. The van der Waals surface area contributed by atoms with Crippen LogP contribution in [0.4, 0.5) is 0 Å². The summed E-state index contributed by atoms with van der Waals surface area (Å²) in [6.45, 7) is 5.78. The number of hydrogen-bond acceptors (Lipinski definition) is 5. The summed E-state index contributed by atoms with van der Waals surface area (Å²) in [5.74, 6) is 0.207. The fraction of sp³-hybridized carbons (Fsp3) is 0.364. The van der Waals surface area contributed by atoms with Gasteiger partial charge in [0.2, 0.25) is 5.89 Å². The van der Waals surface area contributed by atoms with Gasteiger partial charge in [-0.25, -0.2) is 9.78 Å². The van der Waals surface area contributed by atoms with Crippen molar-refractivity contribution in [3.8, 4) is 5.75 Å². The van der Waals surface area contributed by atoms with E-state index in [2.05, 4.69) is 17.2 Å². The van der Waals surface area contributed by atoms with Crippen molar-refractivity contribution in [2.45, 2.75) is 51.8 Å². The zero-order chi connectivity index (χ0) is 20.1. The van der Waals surface area contributed by atoms with E-state index >= 15 is 0 Å². The van der Waals surface area contributed by atoms with Crippen LogP contribution in [0.2, 0.25) is 0 Å². The molecule has 1 atom stereocenters. The van der Waals surface area contributed by atoms with Crippen molar-refractivity contribution in [1.29, 1.82) is 0 Å². The van der Waals surface area contributed by atoms with Crippen LogP contribution in [0.15, 0.2) is 52.9 Å². The molecule has 0 aliphatic rings. The molecule has 148 valence electrons. The van der Waals surface area contributed by atoms with Crippen molar-refractivity contribution in [1.82, 2.24) is 10.3 Å². The van der Waals surface area contributed by atoms with Gasteiger partial charge in [-0.15, -0.1) is 0 Å². The molecule has 1 unspecified atom stereocenters. The van der Waals surface area contributed by atoms with Gasteiger partial charge in [0.05, 0.1) is 6.04 Å². The van der Waals surface area contributed by atoms with Gasteiger partial charge in [0.25, 0.3) is 0 Å². The predicted octanol–water partition coefficient (Wildman–Crippen LogP) is 4.70. The highest BCUT2D eigenvalue weighted by Crippen LogP contribution is 2.24. The van der Waals surface area contributed by atoms with Crippen LogP contribution in [0.5, 0.6) is 5.75 Å². The summed E-state index contributed by atoms with van der Waals surface area (Å²) < 4.78 is 11.5. The lowest BCUT2D eigenvalue weighted by Gasteiger charge is -2.22. The minimum absolute atomic E-state index is 0.00237. The fourth-order valence-electron chi connectivity index (χ4n) is 2.94. The van der Waals surface area contributed by atoms with Crippen molar-refractivity contribution in [2.75, 3.05) is 0 Å². The van der Waals surface area contributed by atoms with Gasteiger partial charge in [-0.2, -0.15) is 0 Å². The summed E-state index contributed by atoms with van der Waals surface area (Å²) >= 11 is 0. The van der Waals surface area contributed by atoms with E-state index in [1.54, 1.807) is 6.07 Å². The number of rotatable bonds is 9. The normalized spacial score (nSPS) is 12.8. The number of nitrogens with one attached hydrogen (secondary N) is 1. The second-order valence-corrected chi connectivity index (χ2v) is 7.31. The number of hydrogen-bond donors (Lipinski definition) is 2. The lowest BCUT2D eigenvalue weighted by Crippen LogP contribution is -2.37. The molecule has 3 rings (SSSR count). The SMILES string of the molecule is CCCC(NCc1cccc(OC(C)(C)C(=O)O)c1)c1nc2ccccc2o1. The quantitative estimate of drug-likeness (QED) is 0.558. The third-order valence-corrected chi connectivity index (χ3v) is 4.52. The molecule has 0 amide bonds. The number of carboxylic acid groups (broad SMARTS) is 1. The molecule has 0 spiro atoms. The summed E-state index contributed by atoms with van der Waals surface area (Å²) in [6.07, 6.45) is 1.89. The van der Waals surface area contributed by atoms with E-state index in [4.69, 9.17) is 9.15 Å². The van der Waals surface area contributed by atoms with E-state index < -0.39 is 11.6 Å². The number of oxazole rings is 1. The summed E-state index contributed by atoms with van der Waals surface area (Å²) in [5, 5.41) is 12.7. The van der Waals surface area contributed by atoms with Crippen LogP contribution in [0.25, 0.3) is 11.1 Å². The molecular formula is C22H26N2O4. The van der Waals surface area contributed by atoms with Gasteiger partial charge in [0.15, 0.2) is 11.2 Å². The Morgan fingerprint density at radius 1 is 1.25 bits per heavy atom. The largest absolute Gasteiger partial charge is 0.478 e. The summed E-state index contributed by atoms with van der Waals surface area (Å²) in [7, 11) is 0. The van der Waals surface area contributed by atoms with Crippen molar-refractivity contribution < 1.29 is 19.1 Å². The van der Waals surface area contributed by atoms with Crippen LogP contribution in [-0.4, -0.2) is 21.7 Å². The van der Waals surface area contributed by atoms with E-state index in [0.29, 0.717) is 18.2 Å². The van der Waals surface area contributed by atoms with Gasteiger partial charge in [0, 0.05) is 6.54 Å². The lowest BCUT2D eigenvalue weighted by molar-refractivity contribution is -0.152. The predicted molar refractivity (Wildman–Crippen MR) is 107 cm³/mol. The highest BCUT2D eigenvalue weighted by molar-refractivity contribution is 5.76. The topological polar surface area (TPSA) is 84.6 Å². The number of aromatic nitrogens is 1. The van der Waals surface area contributed by atoms with Gasteiger partial charge in [0.1, 0.15) is 11.3 Å². The molecular weight excluding hydrogens is 356 g/mol. The van der Waals surface area contributed by atoms with E-state index in [0.717, 1.165) is 29.5 Å². The van der Waals surface area contributed by atoms with Crippen LogP contribution in [0.3, 0.4) is 0 Å². The number of benzene rings is 2. The summed E-state index contributed by atoms with van der Waals surface area (Å²) in [6, 6.07) is 15.2. The van der Waals surface area contributed by atoms with E-state index in [1.165, 1.54) is 13.8 Å². The van der Waals surface area contributed by atoms with Gasteiger partial charge in [-0.05, 0) is 50.1 Å². The Morgan fingerprint density at radius 3 is 2.75 bits per heavy atom. The number of para-hydroxylation sites is 2. The van der Waals surface area contributed by atoms with Crippen LogP contribution in [0, 0.1) is 0 Å². The van der Waals surface area contributed by atoms with Crippen molar-refractivity contribution in [3.63, 3.8) is 0 Å². The minimum atomic E-state index is -1.28. The Bertz CT molecular complexity index is 915. The molecule has 2 aromatic carbocycles. The van der Waals surface area contributed by atoms with Crippen molar-refractivity contribution >= 4 is 17.1 Å². The maximum Gasteiger partial charge on any atom is 0.347 e. The van der Waals surface area contributed by atoms with E-state index in [9.17, 15) is 9.90 Å². The molecule has 0 radical (unpaired) electrons. The van der Waals surface area contributed by atoms with E-state index in [-0.39, 0.29) is 6.04 Å². The average Bonchev–Trinajstić information content (AvgIpc) is 3.09. The highest BCUT2D eigenvalue weighted by atomic mass is 16.5. The maximum atomic E-state index is 11.3. The summed E-state index contributed by atoms with van der Waals surface area (Å²) in [5.41, 5.74) is 1.35. The molecule has 0 aliphatic heterocycles. The van der Waals surface area contributed by atoms with Crippen LogP contribution >= 0.6 is 0 Å². The van der Waals surface area contributed by atoms with Crippen molar-refractivity contribution in [2.24, 2.45) is 0 Å². The Morgan fingerprint density at radius 2 is 2.04 bits per heavy atom. The Hall–Kier alpha value is -2.86. The number of nitrogens with zero attached hydrogens (tertiary/aromatic N) is 1. The van der Waals surface area contributed by atoms with Crippen LogP contribution < -0.4 is 10.1 Å². The zero-order valence-corrected chi connectivity index (χ0v) is 16.4.